The van der Waals surface area contributed by atoms with Gasteiger partial charge in [-0.3, -0.25) is 4.99 Å². The second kappa shape index (κ2) is 8.19. The maximum absolute atomic E-state index is 6.02. The number of guanidine groups is 1. The van der Waals surface area contributed by atoms with Crippen molar-refractivity contribution in [3.05, 3.63) is 60.2 Å². The van der Waals surface area contributed by atoms with Crippen LogP contribution in [0.15, 0.2) is 59.6 Å². The van der Waals surface area contributed by atoms with E-state index in [1.54, 1.807) is 7.11 Å². The number of nitrogens with two attached hydrogens (primary N) is 1. The Balaban J connectivity index is 2.08. The fourth-order valence-corrected chi connectivity index (χ4v) is 2.35. The first-order valence-electron chi connectivity index (χ1n) is 7.53. The van der Waals surface area contributed by atoms with Gasteiger partial charge in [-0.05, 0) is 31.8 Å². The predicted octanol–water partition coefficient (Wildman–Crippen LogP) is 2.72. The Morgan fingerprint density at radius 1 is 1.13 bits per heavy atom. The molecule has 0 aromatic heterocycles. The fraction of sp³-hybridized carbons (Fsp3) is 0.278. The van der Waals surface area contributed by atoms with Crippen LogP contribution in [0.1, 0.15) is 11.6 Å². The Bertz CT molecular complexity index is 640. The Hall–Kier alpha value is -2.53. The Morgan fingerprint density at radius 2 is 1.78 bits per heavy atom. The van der Waals surface area contributed by atoms with E-state index in [0.29, 0.717) is 12.5 Å². The number of rotatable bonds is 6. The molecule has 0 saturated carbocycles. The molecule has 0 saturated heterocycles. The van der Waals surface area contributed by atoms with Gasteiger partial charge in [-0.1, -0.05) is 42.5 Å². The largest absolute Gasteiger partial charge is 0.495 e. The fourth-order valence-electron chi connectivity index (χ4n) is 2.35. The highest BCUT2D eigenvalue weighted by atomic mass is 16.5. The van der Waals surface area contributed by atoms with E-state index in [4.69, 9.17) is 10.5 Å². The lowest BCUT2D eigenvalue weighted by molar-refractivity contribution is 0.306. The number of para-hydroxylation sites is 2. The molecular formula is C18H24N4O. The molecule has 0 aliphatic carbocycles. The van der Waals surface area contributed by atoms with Crippen LogP contribution in [0.25, 0.3) is 0 Å². The number of benzene rings is 2. The zero-order valence-electron chi connectivity index (χ0n) is 13.9. The summed E-state index contributed by atoms with van der Waals surface area (Å²) < 4.78 is 5.30. The first-order chi connectivity index (χ1) is 11.1. The number of nitrogens with one attached hydrogen (secondary N) is 1. The maximum Gasteiger partial charge on any atom is 0.193 e. The molecule has 0 aliphatic heterocycles. The lowest BCUT2D eigenvalue weighted by Crippen LogP contribution is -2.27. The smallest absolute Gasteiger partial charge is 0.193 e. The molecule has 0 amide bonds. The van der Waals surface area contributed by atoms with Crippen LogP contribution in [0.3, 0.4) is 0 Å². The molecular weight excluding hydrogens is 288 g/mol. The minimum Gasteiger partial charge on any atom is -0.495 e. The van der Waals surface area contributed by atoms with Crippen molar-refractivity contribution in [1.82, 2.24) is 4.90 Å². The van der Waals surface area contributed by atoms with E-state index in [0.717, 1.165) is 11.4 Å². The van der Waals surface area contributed by atoms with Crippen molar-refractivity contribution < 1.29 is 4.74 Å². The summed E-state index contributed by atoms with van der Waals surface area (Å²) >= 11 is 0. The third kappa shape index (κ3) is 4.72. The molecule has 1 unspecified atom stereocenters. The number of aliphatic imine (C=N–C) groups is 1. The van der Waals surface area contributed by atoms with Crippen molar-refractivity contribution >= 4 is 11.6 Å². The highest BCUT2D eigenvalue weighted by Gasteiger charge is 2.13. The lowest BCUT2D eigenvalue weighted by atomic mass is 10.1. The third-order valence-corrected chi connectivity index (χ3v) is 3.61. The van der Waals surface area contributed by atoms with Crippen LogP contribution in [-0.4, -0.2) is 38.6 Å². The monoisotopic (exact) mass is 312 g/mol. The average Bonchev–Trinajstić information content (AvgIpc) is 2.56. The summed E-state index contributed by atoms with van der Waals surface area (Å²) in [6.07, 6.45) is 0. The van der Waals surface area contributed by atoms with Crippen molar-refractivity contribution in [1.29, 1.82) is 0 Å². The number of methoxy groups -OCH3 is 1. The van der Waals surface area contributed by atoms with Gasteiger partial charge in [-0.15, -0.1) is 0 Å². The molecule has 3 N–H and O–H groups in total. The van der Waals surface area contributed by atoms with E-state index in [1.807, 2.05) is 56.6 Å². The molecule has 122 valence electrons. The Labute approximate surface area is 137 Å². The minimum absolute atomic E-state index is 0.175. The SMILES string of the molecule is COc1ccccc1NC(N)=NCC(c1ccccc1)N(C)C. The normalized spacial score (nSPS) is 13.0. The maximum atomic E-state index is 6.02. The summed E-state index contributed by atoms with van der Waals surface area (Å²) in [7, 11) is 5.71. The lowest BCUT2D eigenvalue weighted by Gasteiger charge is -2.23. The minimum atomic E-state index is 0.175. The Kier molecular flexibility index (Phi) is 6.00. The van der Waals surface area contributed by atoms with Gasteiger partial charge in [0.1, 0.15) is 5.75 Å². The van der Waals surface area contributed by atoms with Crippen LogP contribution in [0.5, 0.6) is 5.75 Å². The molecule has 0 bridgehead atoms. The van der Waals surface area contributed by atoms with Crippen LogP contribution >= 0.6 is 0 Å². The second-order valence-electron chi connectivity index (χ2n) is 5.44. The summed E-state index contributed by atoms with van der Waals surface area (Å²) in [4.78, 5) is 6.61. The van der Waals surface area contributed by atoms with Crippen LogP contribution in [0.2, 0.25) is 0 Å². The number of hydrogen-bond donors (Lipinski definition) is 2. The van der Waals surface area contributed by atoms with Gasteiger partial charge in [0.25, 0.3) is 0 Å². The zero-order chi connectivity index (χ0) is 16.7. The molecule has 23 heavy (non-hydrogen) atoms. The highest BCUT2D eigenvalue weighted by Crippen LogP contribution is 2.23. The van der Waals surface area contributed by atoms with Crippen LogP contribution in [0.4, 0.5) is 5.69 Å². The first-order valence-corrected chi connectivity index (χ1v) is 7.53. The predicted molar refractivity (Wildman–Crippen MR) is 96.0 cm³/mol. The number of ether oxygens (including phenoxy) is 1. The van der Waals surface area contributed by atoms with Crippen molar-refractivity contribution in [3.63, 3.8) is 0 Å². The molecule has 2 rings (SSSR count). The number of hydrogen-bond acceptors (Lipinski definition) is 3. The van der Waals surface area contributed by atoms with Crippen molar-refractivity contribution in [2.45, 2.75) is 6.04 Å². The van der Waals surface area contributed by atoms with Gasteiger partial charge in [0.2, 0.25) is 0 Å². The number of anilines is 1. The van der Waals surface area contributed by atoms with Crippen molar-refractivity contribution in [2.24, 2.45) is 10.7 Å². The molecule has 0 heterocycles. The topological polar surface area (TPSA) is 62.9 Å². The van der Waals surface area contributed by atoms with Crippen LogP contribution < -0.4 is 15.8 Å². The van der Waals surface area contributed by atoms with Gasteiger partial charge < -0.3 is 20.7 Å². The summed E-state index contributed by atoms with van der Waals surface area (Å²) in [6.45, 7) is 0.574. The van der Waals surface area contributed by atoms with E-state index >= 15 is 0 Å². The van der Waals surface area contributed by atoms with E-state index in [1.165, 1.54) is 5.56 Å². The number of nitrogens with zero attached hydrogens (tertiary/aromatic N) is 2. The highest BCUT2D eigenvalue weighted by molar-refractivity contribution is 5.93. The molecule has 5 nitrogen and oxygen atoms in total. The van der Waals surface area contributed by atoms with E-state index < -0.39 is 0 Å². The van der Waals surface area contributed by atoms with Crippen LogP contribution in [0, 0.1) is 0 Å². The van der Waals surface area contributed by atoms with E-state index in [9.17, 15) is 0 Å². The second-order valence-corrected chi connectivity index (χ2v) is 5.44. The molecule has 0 fully saturated rings. The molecule has 2 aromatic carbocycles. The number of likely N-dealkylation sites (N-methyl/N-ethyl adjacent to an activating group) is 1. The van der Waals surface area contributed by atoms with Gasteiger partial charge in [0, 0.05) is 0 Å². The zero-order valence-corrected chi connectivity index (χ0v) is 13.9. The van der Waals surface area contributed by atoms with Gasteiger partial charge >= 0.3 is 0 Å². The third-order valence-electron chi connectivity index (χ3n) is 3.61. The standard InChI is InChI=1S/C18H24N4O/c1-22(2)16(14-9-5-4-6-10-14)13-20-18(19)21-15-11-7-8-12-17(15)23-3/h4-12,16H,13H2,1-3H3,(H3,19,20,21). The molecule has 0 radical (unpaired) electrons. The molecule has 0 spiro atoms. The van der Waals surface area contributed by atoms with E-state index in [2.05, 4.69) is 27.3 Å². The summed E-state index contributed by atoms with van der Waals surface area (Å²) in [5.41, 5.74) is 8.04. The molecule has 0 aliphatic rings. The summed E-state index contributed by atoms with van der Waals surface area (Å²) in [5, 5.41) is 3.09. The summed E-state index contributed by atoms with van der Waals surface area (Å²) in [5.74, 6) is 1.11. The van der Waals surface area contributed by atoms with Gasteiger partial charge in [-0.25, -0.2) is 0 Å². The van der Waals surface area contributed by atoms with Gasteiger partial charge in [-0.2, -0.15) is 0 Å². The van der Waals surface area contributed by atoms with E-state index in [-0.39, 0.29) is 6.04 Å². The first kappa shape index (κ1) is 16.8. The molecule has 1 atom stereocenters. The average molecular weight is 312 g/mol. The van der Waals surface area contributed by atoms with Gasteiger partial charge in [0.05, 0.1) is 25.4 Å². The van der Waals surface area contributed by atoms with Crippen molar-refractivity contribution in [2.75, 3.05) is 33.1 Å². The quantitative estimate of drug-likeness (QED) is 0.636. The molecule has 5 heteroatoms. The van der Waals surface area contributed by atoms with Crippen molar-refractivity contribution in [3.8, 4) is 5.75 Å². The summed E-state index contributed by atoms with van der Waals surface area (Å²) in [6, 6.07) is 18.1. The Morgan fingerprint density at radius 3 is 2.43 bits per heavy atom. The van der Waals surface area contributed by atoms with Crippen LogP contribution in [-0.2, 0) is 0 Å². The molecule has 2 aromatic rings. The van der Waals surface area contributed by atoms with Gasteiger partial charge in [0.15, 0.2) is 5.96 Å².